The van der Waals surface area contributed by atoms with E-state index in [-0.39, 0.29) is 4.90 Å². The molecule has 0 amide bonds. The van der Waals surface area contributed by atoms with E-state index in [2.05, 4.69) is 0 Å². The molecule has 0 aromatic heterocycles. The summed E-state index contributed by atoms with van der Waals surface area (Å²) >= 11 is 0. The van der Waals surface area contributed by atoms with E-state index in [1.165, 1.54) is 24.3 Å². The molecule has 5 nitrogen and oxygen atoms in total. The second kappa shape index (κ2) is 5.24. The van der Waals surface area contributed by atoms with Gasteiger partial charge in [0, 0.05) is 22.6 Å². The third kappa shape index (κ3) is 4.12. The fourth-order valence-electron chi connectivity index (χ4n) is 1.02. The normalized spacial score (nSPS) is 13.7. The van der Waals surface area contributed by atoms with Crippen molar-refractivity contribution in [1.29, 1.82) is 0 Å². The summed E-state index contributed by atoms with van der Waals surface area (Å²) in [7, 11) is -4.88. The monoisotopic (exact) mass is 274 g/mol. The maximum absolute atomic E-state index is 11.5. The lowest BCUT2D eigenvalue weighted by atomic mass is 10.4. The first-order chi connectivity index (χ1) is 7.80. The van der Waals surface area contributed by atoms with Crippen molar-refractivity contribution in [1.82, 2.24) is 0 Å². The van der Waals surface area contributed by atoms with Crippen molar-refractivity contribution in [2.24, 2.45) is 0 Å². The van der Waals surface area contributed by atoms with Crippen LogP contribution in [-0.4, -0.2) is 30.0 Å². The van der Waals surface area contributed by atoms with Crippen molar-refractivity contribution >= 4 is 26.6 Å². The SMILES string of the molecule is CS(=O)(=O)c1ccc(S(=O)/C=C/C(=O)O)cc1. The summed E-state index contributed by atoms with van der Waals surface area (Å²) in [6, 6.07) is 5.44. The first-order valence-electron chi connectivity index (χ1n) is 4.42. The molecule has 1 unspecified atom stereocenters. The van der Waals surface area contributed by atoms with Crippen LogP contribution in [-0.2, 0) is 25.4 Å². The summed E-state index contributed by atoms with van der Waals surface area (Å²) in [4.78, 5) is 10.7. The fraction of sp³-hybridized carbons (Fsp3) is 0.100. The van der Waals surface area contributed by atoms with E-state index in [9.17, 15) is 17.4 Å². The highest BCUT2D eigenvalue weighted by atomic mass is 32.2. The van der Waals surface area contributed by atoms with Crippen molar-refractivity contribution in [3.63, 3.8) is 0 Å². The first kappa shape index (κ1) is 13.6. The van der Waals surface area contributed by atoms with Gasteiger partial charge in [-0.1, -0.05) is 0 Å². The Kier molecular flexibility index (Phi) is 4.19. The molecule has 0 radical (unpaired) electrons. The molecule has 0 aliphatic carbocycles. The standard InChI is InChI=1S/C10H10O5S2/c1-17(14,15)9-4-2-8(3-5-9)16(13)7-6-10(11)12/h2-7H,1H3,(H,11,12)/b7-6+. The van der Waals surface area contributed by atoms with E-state index in [1.54, 1.807) is 0 Å². The largest absolute Gasteiger partial charge is 0.478 e. The van der Waals surface area contributed by atoms with Crippen LogP contribution < -0.4 is 0 Å². The number of carbonyl (C=O) groups is 1. The van der Waals surface area contributed by atoms with Gasteiger partial charge in [0.1, 0.15) is 0 Å². The minimum absolute atomic E-state index is 0.125. The topological polar surface area (TPSA) is 88.5 Å². The number of carboxylic acid groups (broad SMARTS) is 1. The van der Waals surface area contributed by atoms with Crippen molar-refractivity contribution < 1.29 is 22.5 Å². The van der Waals surface area contributed by atoms with Crippen LogP contribution >= 0.6 is 0 Å². The lowest BCUT2D eigenvalue weighted by Crippen LogP contribution is -1.97. The lowest BCUT2D eigenvalue weighted by Gasteiger charge is -1.99. The van der Waals surface area contributed by atoms with Gasteiger partial charge >= 0.3 is 5.97 Å². The summed E-state index contributed by atoms with van der Waals surface area (Å²) in [5, 5.41) is 9.39. The van der Waals surface area contributed by atoms with Gasteiger partial charge in [0.15, 0.2) is 9.84 Å². The van der Waals surface area contributed by atoms with Gasteiger partial charge in [-0.3, -0.25) is 0 Å². The van der Waals surface area contributed by atoms with Crippen LogP contribution in [0, 0.1) is 0 Å². The Morgan fingerprint density at radius 3 is 2.24 bits per heavy atom. The van der Waals surface area contributed by atoms with E-state index < -0.39 is 26.6 Å². The first-order valence-corrected chi connectivity index (χ1v) is 7.53. The molecule has 1 atom stereocenters. The Morgan fingerprint density at radius 2 is 1.82 bits per heavy atom. The smallest absolute Gasteiger partial charge is 0.328 e. The molecule has 0 saturated heterocycles. The van der Waals surface area contributed by atoms with Crippen LogP contribution in [0.1, 0.15) is 0 Å². The molecule has 0 bridgehead atoms. The zero-order valence-electron chi connectivity index (χ0n) is 8.86. The Balaban J connectivity index is 2.96. The van der Waals surface area contributed by atoms with Gasteiger partial charge in [0.25, 0.3) is 0 Å². The summed E-state index contributed by atoms with van der Waals surface area (Å²) in [6.07, 6.45) is 1.85. The minimum Gasteiger partial charge on any atom is -0.478 e. The summed E-state index contributed by atoms with van der Waals surface area (Å²) in [6.45, 7) is 0. The molecule has 0 aliphatic rings. The van der Waals surface area contributed by atoms with E-state index in [0.29, 0.717) is 4.90 Å². The predicted molar refractivity (Wildman–Crippen MR) is 62.7 cm³/mol. The van der Waals surface area contributed by atoms with E-state index in [4.69, 9.17) is 5.11 Å². The van der Waals surface area contributed by atoms with Crippen molar-refractivity contribution in [2.75, 3.05) is 6.26 Å². The van der Waals surface area contributed by atoms with Gasteiger partial charge in [-0.15, -0.1) is 0 Å². The zero-order chi connectivity index (χ0) is 13.1. The third-order valence-corrected chi connectivity index (χ3v) is 4.07. The quantitative estimate of drug-likeness (QED) is 0.820. The number of hydrogen-bond acceptors (Lipinski definition) is 4. The van der Waals surface area contributed by atoms with Crippen LogP contribution in [0.4, 0.5) is 0 Å². The molecule has 92 valence electrons. The van der Waals surface area contributed by atoms with E-state index in [0.717, 1.165) is 17.7 Å². The molecular weight excluding hydrogens is 264 g/mol. The minimum atomic E-state index is -3.28. The van der Waals surface area contributed by atoms with Crippen LogP contribution in [0.25, 0.3) is 0 Å². The summed E-state index contributed by atoms with van der Waals surface area (Å²) < 4.78 is 33.8. The van der Waals surface area contributed by atoms with Gasteiger partial charge in [-0.05, 0) is 24.3 Å². The van der Waals surface area contributed by atoms with Crippen LogP contribution in [0.5, 0.6) is 0 Å². The number of hydrogen-bond donors (Lipinski definition) is 1. The average Bonchev–Trinajstić information content (AvgIpc) is 2.25. The molecule has 0 heterocycles. The summed E-state index contributed by atoms with van der Waals surface area (Å²) in [5.41, 5.74) is 0. The van der Waals surface area contributed by atoms with Crippen LogP contribution in [0.3, 0.4) is 0 Å². The molecule has 1 aromatic carbocycles. The van der Waals surface area contributed by atoms with Gasteiger partial charge in [0.2, 0.25) is 0 Å². The van der Waals surface area contributed by atoms with Gasteiger partial charge in [-0.2, -0.15) is 0 Å². The highest BCUT2D eigenvalue weighted by Crippen LogP contribution is 2.13. The highest BCUT2D eigenvalue weighted by Gasteiger charge is 2.07. The Labute approximate surface area is 101 Å². The second-order valence-corrected chi connectivity index (χ2v) is 6.54. The van der Waals surface area contributed by atoms with E-state index in [1.807, 2.05) is 0 Å². The van der Waals surface area contributed by atoms with E-state index >= 15 is 0 Å². The number of carboxylic acids is 1. The molecule has 0 fully saturated rings. The Hall–Kier alpha value is -1.47. The lowest BCUT2D eigenvalue weighted by molar-refractivity contribution is -0.131. The molecule has 1 N–H and O–H groups in total. The van der Waals surface area contributed by atoms with Crippen LogP contribution in [0.2, 0.25) is 0 Å². The van der Waals surface area contributed by atoms with Crippen molar-refractivity contribution in [2.45, 2.75) is 9.79 Å². The second-order valence-electron chi connectivity index (χ2n) is 3.18. The molecule has 0 spiro atoms. The summed E-state index contributed by atoms with van der Waals surface area (Å²) in [5.74, 6) is -1.19. The predicted octanol–water partition coefficient (Wildman–Crippen LogP) is 0.796. The number of sulfone groups is 1. The fourth-order valence-corrected chi connectivity index (χ4v) is 2.45. The average molecular weight is 274 g/mol. The third-order valence-electron chi connectivity index (χ3n) is 1.82. The maximum atomic E-state index is 11.5. The molecule has 0 saturated carbocycles. The Bertz CT molecular complexity index is 569. The number of rotatable bonds is 4. The van der Waals surface area contributed by atoms with Crippen molar-refractivity contribution in [3.8, 4) is 0 Å². The van der Waals surface area contributed by atoms with Gasteiger partial charge in [0.05, 0.1) is 15.7 Å². The van der Waals surface area contributed by atoms with Gasteiger partial charge in [-0.25, -0.2) is 17.4 Å². The molecule has 0 aliphatic heterocycles. The highest BCUT2D eigenvalue weighted by molar-refractivity contribution is 7.90. The Morgan fingerprint density at radius 1 is 1.29 bits per heavy atom. The number of benzene rings is 1. The molecular formula is C10H10O5S2. The van der Waals surface area contributed by atoms with Crippen molar-refractivity contribution in [3.05, 3.63) is 35.7 Å². The molecule has 1 rings (SSSR count). The maximum Gasteiger partial charge on any atom is 0.328 e. The van der Waals surface area contributed by atoms with Crippen LogP contribution in [0.15, 0.2) is 45.5 Å². The zero-order valence-corrected chi connectivity index (χ0v) is 10.5. The molecule has 1 aromatic rings. The number of aliphatic carboxylic acids is 1. The molecule has 17 heavy (non-hydrogen) atoms. The van der Waals surface area contributed by atoms with Gasteiger partial charge < -0.3 is 5.11 Å². The molecule has 7 heteroatoms.